The predicted molar refractivity (Wildman–Crippen MR) is 97.9 cm³/mol. The summed E-state index contributed by atoms with van der Waals surface area (Å²) in [6, 6.07) is 5.44. The molecule has 0 aliphatic heterocycles. The van der Waals surface area contributed by atoms with Crippen molar-refractivity contribution in [2.75, 3.05) is 6.26 Å². The number of hydrogen-bond acceptors (Lipinski definition) is 3. The van der Waals surface area contributed by atoms with Crippen LogP contribution in [0.5, 0.6) is 5.75 Å². The van der Waals surface area contributed by atoms with Crippen LogP contribution < -0.4 is 4.74 Å². The highest BCUT2D eigenvalue weighted by atomic mass is 32.2. The van der Waals surface area contributed by atoms with Crippen LogP contribution in [0.4, 0.5) is 22.0 Å². The average Bonchev–Trinajstić information content (AvgIpc) is 3.05. The molecule has 3 nitrogen and oxygen atoms in total. The minimum Gasteiger partial charge on any atom is -0.406 e. The molecule has 0 fully saturated rings. The topological polar surface area (TPSA) is 43.4 Å². The molecule has 0 spiro atoms. The van der Waals surface area contributed by atoms with Crippen molar-refractivity contribution in [2.45, 2.75) is 24.6 Å². The van der Waals surface area contributed by atoms with Crippen LogP contribution in [0.2, 0.25) is 0 Å². The van der Waals surface area contributed by atoms with E-state index in [0.29, 0.717) is 22.8 Å². The summed E-state index contributed by atoms with van der Waals surface area (Å²) in [5, 5.41) is 0. The van der Waals surface area contributed by atoms with Gasteiger partial charge in [0.2, 0.25) is 0 Å². The van der Waals surface area contributed by atoms with E-state index in [9.17, 15) is 30.4 Å². The summed E-state index contributed by atoms with van der Waals surface area (Å²) in [5.74, 6) is -2.34. The second kappa shape index (κ2) is 7.29. The van der Waals surface area contributed by atoms with Gasteiger partial charge in [0, 0.05) is 11.8 Å². The van der Waals surface area contributed by atoms with Gasteiger partial charge in [-0.3, -0.25) is 0 Å². The highest BCUT2D eigenvalue weighted by Gasteiger charge is 2.32. The maximum atomic E-state index is 14.6. The molecule has 1 aliphatic carbocycles. The number of sulfone groups is 1. The molecule has 0 N–H and O–H groups in total. The van der Waals surface area contributed by atoms with Crippen molar-refractivity contribution in [3.8, 4) is 5.75 Å². The summed E-state index contributed by atoms with van der Waals surface area (Å²) >= 11 is 0. The van der Waals surface area contributed by atoms with Gasteiger partial charge in [-0.25, -0.2) is 17.2 Å². The first-order chi connectivity index (χ1) is 13.4. The normalized spacial score (nSPS) is 14.6. The van der Waals surface area contributed by atoms with Gasteiger partial charge < -0.3 is 4.74 Å². The minimum absolute atomic E-state index is 0.108. The number of ether oxygens (including phenoxy) is 1. The molecule has 2 aromatic carbocycles. The van der Waals surface area contributed by atoms with E-state index in [-0.39, 0.29) is 23.3 Å². The van der Waals surface area contributed by atoms with Gasteiger partial charge >= 0.3 is 6.36 Å². The second-order valence-corrected chi connectivity index (χ2v) is 8.55. The third-order valence-electron chi connectivity index (χ3n) is 4.39. The zero-order valence-electron chi connectivity index (χ0n) is 15.3. The minimum atomic E-state index is -4.83. The first kappa shape index (κ1) is 21.0. The molecule has 0 saturated carbocycles. The summed E-state index contributed by atoms with van der Waals surface area (Å²) in [6.45, 7) is 1.44. The van der Waals surface area contributed by atoms with Gasteiger partial charge in [-0.15, -0.1) is 13.2 Å². The number of hydrogen-bond donors (Lipinski definition) is 0. The lowest BCUT2D eigenvalue weighted by atomic mass is 9.95. The van der Waals surface area contributed by atoms with Gasteiger partial charge in [0.05, 0.1) is 0 Å². The molecule has 3 rings (SSSR count). The molecule has 0 radical (unpaired) electrons. The number of halogens is 5. The zero-order chi connectivity index (χ0) is 21.6. The first-order valence-corrected chi connectivity index (χ1v) is 10.2. The Hall–Kier alpha value is -2.68. The maximum absolute atomic E-state index is 14.6. The maximum Gasteiger partial charge on any atom is 0.573 e. The van der Waals surface area contributed by atoms with E-state index in [4.69, 9.17) is 0 Å². The number of alkyl halides is 3. The zero-order valence-corrected chi connectivity index (χ0v) is 16.1. The fourth-order valence-electron chi connectivity index (χ4n) is 3.13. The quantitative estimate of drug-likeness (QED) is 0.607. The third kappa shape index (κ3) is 4.50. The fourth-order valence-corrected chi connectivity index (χ4v) is 3.86. The van der Waals surface area contributed by atoms with Crippen molar-refractivity contribution >= 4 is 21.0 Å². The molecule has 0 bridgehead atoms. The monoisotopic (exact) mass is 430 g/mol. The molecule has 9 heteroatoms. The Morgan fingerprint density at radius 2 is 1.72 bits per heavy atom. The molecular formula is C20H15F5O3S. The van der Waals surface area contributed by atoms with Crippen molar-refractivity contribution in [1.82, 2.24) is 0 Å². The van der Waals surface area contributed by atoms with Crippen molar-refractivity contribution in [1.29, 1.82) is 0 Å². The van der Waals surface area contributed by atoms with Crippen LogP contribution >= 0.6 is 0 Å². The first-order valence-electron chi connectivity index (χ1n) is 8.33. The van der Waals surface area contributed by atoms with Crippen LogP contribution in [0.25, 0.3) is 11.1 Å². The Kier molecular flexibility index (Phi) is 5.29. The van der Waals surface area contributed by atoms with E-state index in [1.54, 1.807) is 12.2 Å². The lowest BCUT2D eigenvalue weighted by molar-refractivity contribution is -0.274. The van der Waals surface area contributed by atoms with E-state index in [0.717, 1.165) is 18.4 Å². The van der Waals surface area contributed by atoms with E-state index in [1.807, 2.05) is 0 Å². The third-order valence-corrected chi connectivity index (χ3v) is 5.50. The Morgan fingerprint density at radius 3 is 2.31 bits per heavy atom. The van der Waals surface area contributed by atoms with Crippen LogP contribution in [0.1, 0.15) is 23.1 Å². The number of aryl methyl sites for hydroxylation is 1. The summed E-state index contributed by atoms with van der Waals surface area (Å²) < 4.78 is 93.3. The van der Waals surface area contributed by atoms with Crippen LogP contribution in [-0.4, -0.2) is 21.0 Å². The molecular weight excluding hydrogens is 415 g/mol. The molecule has 0 aromatic heterocycles. The highest BCUT2D eigenvalue weighted by Crippen LogP contribution is 2.39. The smallest absolute Gasteiger partial charge is 0.406 e. The summed E-state index contributed by atoms with van der Waals surface area (Å²) in [6.07, 6.45) is -0.451. The fraction of sp³-hybridized carbons (Fsp3) is 0.200. The molecule has 29 heavy (non-hydrogen) atoms. The second-order valence-electron chi connectivity index (χ2n) is 6.56. The largest absolute Gasteiger partial charge is 0.573 e. The molecule has 0 unspecified atom stereocenters. The summed E-state index contributed by atoms with van der Waals surface area (Å²) in [7, 11) is -3.94. The SMILES string of the molecule is Cc1cc(C2=C(c3cc(F)c(S(C)(=O)=O)cc3F)CC=C2)ccc1OC(F)(F)F. The van der Waals surface area contributed by atoms with Crippen molar-refractivity contribution < 1.29 is 35.1 Å². The predicted octanol–water partition coefficient (Wildman–Crippen LogP) is 5.45. The number of allylic oxidation sites excluding steroid dienone is 4. The van der Waals surface area contributed by atoms with Crippen LogP contribution in [-0.2, 0) is 9.84 Å². The van der Waals surface area contributed by atoms with Crippen LogP contribution in [0.3, 0.4) is 0 Å². The molecule has 1 aliphatic rings. The standard InChI is InChI=1S/C20H15F5O3S/c1-11-8-12(6-7-18(11)28-20(23,24)25)13-4-3-5-14(13)15-9-17(22)19(10-16(15)21)29(2,26)27/h3-4,6-10H,5H2,1-2H3. The Labute approximate surface area is 164 Å². The lowest BCUT2D eigenvalue weighted by Crippen LogP contribution is -2.17. The van der Waals surface area contributed by atoms with E-state index in [2.05, 4.69) is 4.74 Å². The number of rotatable bonds is 4. The summed E-state index contributed by atoms with van der Waals surface area (Å²) in [5.41, 5.74) is 1.49. The van der Waals surface area contributed by atoms with Gasteiger partial charge in [-0.05, 0) is 59.9 Å². The van der Waals surface area contributed by atoms with E-state index in [1.165, 1.54) is 19.1 Å². The van der Waals surface area contributed by atoms with Gasteiger partial charge in [-0.2, -0.15) is 0 Å². The average molecular weight is 430 g/mol. The summed E-state index contributed by atoms with van der Waals surface area (Å²) in [4.78, 5) is -0.739. The lowest BCUT2D eigenvalue weighted by Gasteiger charge is -2.14. The molecule has 0 atom stereocenters. The Bertz CT molecular complexity index is 1150. The molecule has 0 heterocycles. The highest BCUT2D eigenvalue weighted by molar-refractivity contribution is 7.90. The van der Waals surface area contributed by atoms with Gasteiger partial charge in [0.15, 0.2) is 9.84 Å². The number of benzene rings is 2. The molecule has 0 amide bonds. The van der Waals surface area contributed by atoms with Crippen LogP contribution in [0.15, 0.2) is 47.4 Å². The molecule has 154 valence electrons. The van der Waals surface area contributed by atoms with Crippen molar-refractivity contribution in [3.63, 3.8) is 0 Å². The van der Waals surface area contributed by atoms with Crippen LogP contribution in [0, 0.1) is 18.6 Å². The Balaban J connectivity index is 2.08. The molecule has 0 saturated heterocycles. The van der Waals surface area contributed by atoms with E-state index >= 15 is 0 Å². The van der Waals surface area contributed by atoms with Gasteiger partial charge in [0.25, 0.3) is 0 Å². The van der Waals surface area contributed by atoms with Gasteiger partial charge in [-0.1, -0.05) is 18.2 Å². The molecule has 2 aromatic rings. The van der Waals surface area contributed by atoms with Crippen molar-refractivity contribution in [3.05, 3.63) is 70.8 Å². The van der Waals surface area contributed by atoms with Crippen molar-refractivity contribution in [2.24, 2.45) is 0 Å². The Morgan fingerprint density at radius 1 is 1.03 bits per heavy atom. The van der Waals surface area contributed by atoms with E-state index < -0.39 is 32.7 Å². The van der Waals surface area contributed by atoms with Gasteiger partial charge in [0.1, 0.15) is 22.3 Å².